The molecule has 2 rings (SSSR count). The highest BCUT2D eigenvalue weighted by molar-refractivity contribution is 8.13. The van der Waals surface area contributed by atoms with Gasteiger partial charge in [0.05, 0.1) is 7.11 Å². The van der Waals surface area contributed by atoms with Gasteiger partial charge in [0.2, 0.25) is 0 Å². The third-order valence-electron chi connectivity index (χ3n) is 4.10. The molecule has 0 aliphatic rings. The molecule has 0 unspecified atom stereocenters. The van der Waals surface area contributed by atoms with Gasteiger partial charge in [-0.1, -0.05) is 19.1 Å². The number of nitrogens with one attached hydrogen (secondary N) is 1. The number of rotatable bonds is 6. The summed E-state index contributed by atoms with van der Waals surface area (Å²) < 4.78 is 11.5. The van der Waals surface area contributed by atoms with E-state index in [-0.39, 0.29) is 5.24 Å². The van der Waals surface area contributed by atoms with Crippen LogP contribution in [0.15, 0.2) is 35.2 Å². The molecule has 0 aliphatic carbocycles. The number of carbonyl (C=O) groups is 1. The summed E-state index contributed by atoms with van der Waals surface area (Å²) in [5, 5.41) is 2.51. The molecule has 2 aromatic carbocycles. The Morgan fingerprint density at radius 1 is 1.16 bits per heavy atom. The first-order valence-electron chi connectivity index (χ1n) is 8.28. The lowest BCUT2D eigenvalue weighted by molar-refractivity contribution is 0.262. The first kappa shape index (κ1) is 19.2. The van der Waals surface area contributed by atoms with Crippen molar-refractivity contribution >= 4 is 17.0 Å². The van der Waals surface area contributed by atoms with Gasteiger partial charge in [0, 0.05) is 17.5 Å². The second-order valence-electron chi connectivity index (χ2n) is 5.76. The van der Waals surface area contributed by atoms with E-state index < -0.39 is 0 Å². The number of aryl methyl sites for hydroxylation is 3. The van der Waals surface area contributed by atoms with Crippen molar-refractivity contribution in [2.24, 2.45) is 0 Å². The predicted octanol–water partition coefficient (Wildman–Crippen LogP) is 4.88. The largest absolute Gasteiger partial charge is 0.496 e. The van der Waals surface area contributed by atoms with Crippen LogP contribution in [0.25, 0.3) is 0 Å². The first-order chi connectivity index (χ1) is 12.0. The molecule has 0 heterocycles. The Morgan fingerprint density at radius 3 is 2.56 bits per heavy atom. The Kier molecular flexibility index (Phi) is 6.76. The van der Waals surface area contributed by atoms with Gasteiger partial charge in [-0.2, -0.15) is 0 Å². The predicted molar refractivity (Wildman–Crippen MR) is 103 cm³/mol. The molecule has 0 aromatic heterocycles. The second-order valence-corrected chi connectivity index (χ2v) is 6.78. The fraction of sp³-hybridized carbons (Fsp3) is 0.350. The maximum Gasteiger partial charge on any atom is 0.283 e. The molecular weight excluding hydrogens is 334 g/mol. The quantitative estimate of drug-likeness (QED) is 0.746. The fourth-order valence-corrected chi connectivity index (χ4v) is 3.39. The minimum atomic E-state index is -0.117. The Morgan fingerprint density at radius 2 is 1.92 bits per heavy atom. The molecule has 134 valence electrons. The molecule has 0 atom stereocenters. The van der Waals surface area contributed by atoms with Gasteiger partial charge in [-0.3, -0.25) is 4.79 Å². The zero-order valence-corrected chi connectivity index (χ0v) is 16.3. The molecule has 0 fully saturated rings. The first-order valence-corrected chi connectivity index (χ1v) is 9.10. The van der Waals surface area contributed by atoms with Gasteiger partial charge in [0.1, 0.15) is 18.1 Å². The molecule has 2 aromatic rings. The Hall–Kier alpha value is -2.14. The maximum atomic E-state index is 11.7. The van der Waals surface area contributed by atoms with Gasteiger partial charge in [-0.05, 0) is 66.9 Å². The minimum Gasteiger partial charge on any atom is -0.496 e. The lowest BCUT2D eigenvalue weighted by Crippen LogP contribution is -2.12. The number of benzene rings is 2. The maximum absolute atomic E-state index is 11.7. The number of thioether (sulfide) groups is 1. The molecule has 5 heteroatoms. The lowest BCUT2D eigenvalue weighted by atomic mass is 10.0. The third-order valence-corrected chi connectivity index (χ3v) is 5.10. The van der Waals surface area contributed by atoms with Gasteiger partial charge in [0.25, 0.3) is 5.24 Å². The molecule has 0 radical (unpaired) electrons. The molecule has 0 aliphatic heterocycles. The van der Waals surface area contributed by atoms with E-state index in [4.69, 9.17) is 9.47 Å². The number of hydrogen-bond acceptors (Lipinski definition) is 4. The van der Waals surface area contributed by atoms with E-state index in [1.807, 2.05) is 18.2 Å². The molecule has 0 bridgehead atoms. The summed E-state index contributed by atoms with van der Waals surface area (Å²) in [6.07, 6.45) is 1.01. The molecule has 1 amide bonds. The van der Waals surface area contributed by atoms with Crippen molar-refractivity contribution in [3.8, 4) is 11.5 Å². The average Bonchev–Trinajstić information content (AvgIpc) is 2.62. The van der Waals surface area contributed by atoms with Crippen molar-refractivity contribution in [2.45, 2.75) is 38.7 Å². The Balaban J connectivity index is 2.28. The highest BCUT2D eigenvalue weighted by atomic mass is 32.2. The van der Waals surface area contributed by atoms with Gasteiger partial charge in [-0.25, -0.2) is 0 Å². The molecule has 0 saturated heterocycles. The average molecular weight is 359 g/mol. The number of hydrogen-bond donors (Lipinski definition) is 1. The topological polar surface area (TPSA) is 47.6 Å². The lowest BCUT2D eigenvalue weighted by Gasteiger charge is -2.16. The summed E-state index contributed by atoms with van der Waals surface area (Å²) in [4.78, 5) is 12.6. The van der Waals surface area contributed by atoms with Crippen LogP contribution in [-0.2, 0) is 13.0 Å². The monoisotopic (exact) mass is 359 g/mol. The van der Waals surface area contributed by atoms with Crippen LogP contribution in [-0.4, -0.2) is 19.4 Å². The van der Waals surface area contributed by atoms with Crippen molar-refractivity contribution in [2.75, 3.05) is 14.2 Å². The third kappa shape index (κ3) is 4.69. The Labute approximate surface area is 153 Å². The minimum absolute atomic E-state index is 0.117. The van der Waals surface area contributed by atoms with Gasteiger partial charge in [-0.15, -0.1) is 0 Å². The molecule has 0 saturated carbocycles. The summed E-state index contributed by atoms with van der Waals surface area (Å²) in [6.45, 7) is 6.64. The summed E-state index contributed by atoms with van der Waals surface area (Å²) >= 11 is 1.14. The van der Waals surface area contributed by atoms with E-state index in [1.165, 1.54) is 11.1 Å². The van der Waals surface area contributed by atoms with Crippen molar-refractivity contribution in [1.29, 1.82) is 0 Å². The van der Waals surface area contributed by atoms with Crippen LogP contribution < -0.4 is 14.8 Å². The highest BCUT2D eigenvalue weighted by Gasteiger charge is 2.14. The van der Waals surface area contributed by atoms with Crippen LogP contribution >= 0.6 is 11.8 Å². The number of ether oxygens (including phenoxy) is 2. The smallest absolute Gasteiger partial charge is 0.283 e. The van der Waals surface area contributed by atoms with Crippen molar-refractivity contribution in [1.82, 2.24) is 5.32 Å². The standard InChI is InChI=1S/C20H25NO3S/c1-6-15-10-14(3)18(11-13(15)2)24-12-16-17(23-5)8-7-9-19(16)25-20(22)21-4/h7-11H,6,12H2,1-5H3,(H,21,22). The van der Waals surface area contributed by atoms with Crippen molar-refractivity contribution in [3.63, 3.8) is 0 Å². The Bertz CT molecular complexity index is 759. The molecular formula is C20H25NO3S. The highest BCUT2D eigenvalue weighted by Crippen LogP contribution is 2.32. The summed E-state index contributed by atoms with van der Waals surface area (Å²) in [5.41, 5.74) is 4.54. The van der Waals surface area contributed by atoms with E-state index in [9.17, 15) is 4.79 Å². The van der Waals surface area contributed by atoms with E-state index in [0.29, 0.717) is 12.4 Å². The fourth-order valence-electron chi connectivity index (χ4n) is 2.66. The van der Waals surface area contributed by atoms with Crippen LogP contribution in [0.3, 0.4) is 0 Å². The van der Waals surface area contributed by atoms with Crippen LogP contribution in [0.2, 0.25) is 0 Å². The van der Waals surface area contributed by atoms with Crippen LogP contribution in [0.4, 0.5) is 4.79 Å². The molecule has 4 nitrogen and oxygen atoms in total. The van der Waals surface area contributed by atoms with Crippen molar-refractivity contribution < 1.29 is 14.3 Å². The molecule has 1 N–H and O–H groups in total. The van der Waals surface area contributed by atoms with Gasteiger partial charge < -0.3 is 14.8 Å². The number of amides is 1. The molecule has 0 spiro atoms. The van der Waals surface area contributed by atoms with Crippen LogP contribution in [0, 0.1) is 13.8 Å². The summed E-state index contributed by atoms with van der Waals surface area (Å²) in [6, 6.07) is 9.91. The SMILES string of the molecule is CCc1cc(C)c(OCc2c(OC)cccc2SC(=O)NC)cc1C. The van der Waals surface area contributed by atoms with Crippen molar-refractivity contribution in [3.05, 3.63) is 52.6 Å². The van der Waals surface area contributed by atoms with Gasteiger partial charge in [0.15, 0.2) is 0 Å². The molecule has 25 heavy (non-hydrogen) atoms. The van der Waals surface area contributed by atoms with Crippen LogP contribution in [0.5, 0.6) is 11.5 Å². The number of carbonyl (C=O) groups excluding carboxylic acids is 1. The van der Waals surface area contributed by atoms with E-state index in [2.05, 4.69) is 38.2 Å². The van der Waals surface area contributed by atoms with Gasteiger partial charge >= 0.3 is 0 Å². The normalized spacial score (nSPS) is 10.4. The van der Waals surface area contributed by atoms with E-state index in [0.717, 1.165) is 40.0 Å². The zero-order valence-electron chi connectivity index (χ0n) is 15.4. The number of methoxy groups -OCH3 is 1. The van der Waals surface area contributed by atoms with E-state index >= 15 is 0 Å². The van der Waals surface area contributed by atoms with Crippen LogP contribution in [0.1, 0.15) is 29.2 Å². The van der Waals surface area contributed by atoms with E-state index in [1.54, 1.807) is 14.2 Å². The summed E-state index contributed by atoms with van der Waals surface area (Å²) in [7, 11) is 3.24. The summed E-state index contributed by atoms with van der Waals surface area (Å²) in [5.74, 6) is 1.57. The zero-order chi connectivity index (χ0) is 18.4. The second kappa shape index (κ2) is 8.81.